The molecule has 3 heterocycles. The number of fused-ring (bicyclic) bond motifs is 7. The molecule has 2 aliphatic rings. The van der Waals surface area contributed by atoms with Gasteiger partial charge in [0, 0.05) is 27.5 Å². The summed E-state index contributed by atoms with van der Waals surface area (Å²) in [5.41, 5.74) is 23.8. The normalized spacial score (nSPS) is 12.7. The van der Waals surface area contributed by atoms with E-state index < -0.39 is 0 Å². The molecule has 1 aromatic heterocycles. The lowest BCUT2D eigenvalue weighted by molar-refractivity contribution is 0.489. The molecular formula is C68H54BNO. The molecule has 0 radical (unpaired) electrons. The van der Waals surface area contributed by atoms with Crippen LogP contribution in [0.15, 0.2) is 218 Å². The van der Waals surface area contributed by atoms with Gasteiger partial charge in [0.05, 0.1) is 5.52 Å². The average molecular weight is 912 g/mol. The third kappa shape index (κ3) is 7.01. The van der Waals surface area contributed by atoms with Gasteiger partial charge >= 0.3 is 0 Å². The van der Waals surface area contributed by atoms with Crippen LogP contribution in [0.3, 0.4) is 0 Å². The largest absolute Gasteiger partial charge is 0.458 e. The maximum absolute atomic E-state index is 7.76. The van der Waals surface area contributed by atoms with Crippen molar-refractivity contribution in [2.45, 2.75) is 52.4 Å². The highest BCUT2D eigenvalue weighted by Crippen LogP contribution is 2.48. The van der Waals surface area contributed by atoms with E-state index in [4.69, 9.17) is 4.74 Å². The van der Waals surface area contributed by atoms with Gasteiger partial charge in [-0.05, 0) is 136 Å². The van der Waals surface area contributed by atoms with Crippen LogP contribution in [-0.4, -0.2) is 11.3 Å². The summed E-state index contributed by atoms with van der Waals surface area (Å²) in [7, 11) is 0. The second kappa shape index (κ2) is 16.2. The summed E-state index contributed by atoms with van der Waals surface area (Å²) in [4.78, 5) is 0. The van der Waals surface area contributed by atoms with Crippen molar-refractivity contribution < 1.29 is 4.74 Å². The molecule has 0 amide bonds. The Morgan fingerprint density at radius 1 is 0.366 bits per heavy atom. The lowest BCUT2D eigenvalue weighted by Gasteiger charge is -2.36. The fraction of sp³-hybridized carbons (Fsp3) is 0.118. The third-order valence-electron chi connectivity index (χ3n) is 15.2. The first-order valence-corrected chi connectivity index (χ1v) is 25.1. The smallest absolute Gasteiger partial charge is 0.256 e. The van der Waals surface area contributed by atoms with E-state index in [2.05, 4.69) is 264 Å². The molecule has 0 atom stereocenters. The predicted octanol–water partition coefficient (Wildman–Crippen LogP) is 16.3. The maximum Gasteiger partial charge on any atom is 0.256 e. The van der Waals surface area contributed by atoms with Crippen molar-refractivity contribution >= 4 is 44.9 Å². The van der Waals surface area contributed by atoms with Crippen LogP contribution in [0.5, 0.6) is 11.5 Å². The molecule has 0 bridgehead atoms. The minimum atomic E-state index is -0.141. The van der Waals surface area contributed by atoms with Gasteiger partial charge in [-0.25, -0.2) is 0 Å². The van der Waals surface area contributed by atoms with Crippen molar-refractivity contribution in [3.63, 3.8) is 0 Å². The first kappa shape index (κ1) is 42.9. The van der Waals surface area contributed by atoms with Crippen molar-refractivity contribution in [1.29, 1.82) is 0 Å². The minimum Gasteiger partial charge on any atom is -0.458 e. The molecule has 11 aromatic rings. The van der Waals surface area contributed by atoms with Gasteiger partial charge in [0.15, 0.2) is 0 Å². The summed E-state index contributed by atoms with van der Waals surface area (Å²) in [6.45, 7) is 13.9. The summed E-state index contributed by atoms with van der Waals surface area (Å²) >= 11 is 0. The number of ether oxygens (including phenoxy) is 1. The monoisotopic (exact) mass is 911 g/mol. The molecule has 2 nitrogen and oxygen atoms in total. The van der Waals surface area contributed by atoms with Crippen molar-refractivity contribution in [3.05, 3.63) is 230 Å². The molecule has 0 saturated heterocycles. The maximum atomic E-state index is 7.76. The Bertz CT molecular complexity index is 3910. The van der Waals surface area contributed by atoms with Gasteiger partial charge in [0.25, 0.3) is 6.71 Å². The van der Waals surface area contributed by atoms with E-state index in [1.54, 1.807) is 0 Å². The van der Waals surface area contributed by atoms with Crippen LogP contribution in [0, 0.1) is 0 Å². The van der Waals surface area contributed by atoms with E-state index in [0.717, 1.165) is 39.4 Å². The van der Waals surface area contributed by atoms with Crippen molar-refractivity contribution in [1.82, 2.24) is 4.57 Å². The fourth-order valence-corrected chi connectivity index (χ4v) is 11.6. The number of hydrogen-bond acceptors (Lipinski definition) is 1. The van der Waals surface area contributed by atoms with Gasteiger partial charge in [-0.15, -0.1) is 0 Å². The zero-order valence-corrected chi connectivity index (χ0v) is 41.2. The molecule has 13 rings (SSSR count). The molecule has 0 unspecified atom stereocenters. The lowest BCUT2D eigenvalue weighted by Crippen LogP contribution is -2.58. The predicted molar refractivity (Wildman–Crippen MR) is 302 cm³/mol. The van der Waals surface area contributed by atoms with Crippen molar-refractivity contribution in [3.8, 4) is 83.9 Å². The number of aromatic nitrogens is 1. The first-order chi connectivity index (χ1) is 34.5. The van der Waals surface area contributed by atoms with Crippen LogP contribution in [0.2, 0.25) is 0 Å². The van der Waals surface area contributed by atoms with E-state index >= 15 is 0 Å². The summed E-state index contributed by atoms with van der Waals surface area (Å²) in [5.74, 6) is 1.79. The van der Waals surface area contributed by atoms with Crippen LogP contribution in [0.4, 0.5) is 0 Å². The number of rotatable bonds is 6. The van der Waals surface area contributed by atoms with E-state index in [1.807, 2.05) is 0 Å². The zero-order valence-electron chi connectivity index (χ0n) is 41.2. The van der Waals surface area contributed by atoms with Crippen LogP contribution < -0.4 is 21.1 Å². The fourth-order valence-electron chi connectivity index (χ4n) is 11.6. The van der Waals surface area contributed by atoms with Crippen molar-refractivity contribution in [2.75, 3.05) is 0 Å². The van der Waals surface area contributed by atoms with Crippen LogP contribution >= 0.6 is 0 Å². The highest BCUT2D eigenvalue weighted by Gasteiger charge is 2.43. The number of hydrogen-bond donors (Lipinski definition) is 0. The molecule has 0 fully saturated rings. The van der Waals surface area contributed by atoms with Gasteiger partial charge in [-0.3, -0.25) is 0 Å². The summed E-state index contributed by atoms with van der Waals surface area (Å²) < 4.78 is 10.3. The van der Waals surface area contributed by atoms with Crippen LogP contribution in [0.25, 0.3) is 94.3 Å². The van der Waals surface area contributed by atoms with Gasteiger partial charge in [-0.2, -0.15) is 0 Å². The standard InChI is InChI=1S/C68H54BNO/c1-67(2,3)48-34-35-61-56(40-48)57-41-49(68(4,5)6)42-59-65(57)70(61)62-38-47(54-32-19-17-29-51(54)44-24-12-8-13-25-44)39-63-64(62)69(59)60-37-46(53-31-18-16-28-50(53)43-22-10-7-11-23-43)36-58(66(60)71-63)55-33-21-20-30-52(55)45-26-14-9-15-27-45/h7-42H,1-6H3. The van der Waals surface area contributed by atoms with E-state index in [9.17, 15) is 0 Å². The van der Waals surface area contributed by atoms with Crippen LogP contribution in [-0.2, 0) is 10.8 Å². The molecule has 2 aliphatic heterocycles. The topological polar surface area (TPSA) is 14.2 Å². The molecule has 10 aromatic carbocycles. The van der Waals surface area contributed by atoms with Gasteiger partial charge < -0.3 is 9.30 Å². The SMILES string of the molecule is CC(C)(C)c1ccc2c(c1)c1cc(C(C)(C)C)cc3c1n2-c1cc(-c2ccccc2-c2ccccc2)cc2c1B3c1cc(-c3ccccc3-c3ccccc3)cc(-c3ccccc3-c3ccccc3)c1O2. The Kier molecular flexibility index (Phi) is 9.81. The van der Waals surface area contributed by atoms with Gasteiger partial charge in [0.1, 0.15) is 11.5 Å². The quantitative estimate of drug-likeness (QED) is 0.152. The number of nitrogens with zero attached hydrogens (tertiary/aromatic N) is 1. The van der Waals surface area contributed by atoms with Crippen LogP contribution in [0.1, 0.15) is 52.7 Å². The molecule has 340 valence electrons. The Labute approximate surface area is 418 Å². The lowest BCUT2D eigenvalue weighted by atomic mass is 9.34. The minimum absolute atomic E-state index is 0.0240. The highest BCUT2D eigenvalue weighted by atomic mass is 16.5. The molecule has 71 heavy (non-hydrogen) atoms. The van der Waals surface area contributed by atoms with E-state index in [-0.39, 0.29) is 17.5 Å². The Balaban J connectivity index is 1.18. The molecule has 3 heteroatoms. The first-order valence-electron chi connectivity index (χ1n) is 25.1. The van der Waals surface area contributed by atoms with E-state index in [0.29, 0.717) is 0 Å². The highest BCUT2D eigenvalue weighted by molar-refractivity contribution is 6.99. The van der Waals surface area contributed by atoms with Gasteiger partial charge in [-0.1, -0.05) is 224 Å². The Morgan fingerprint density at radius 3 is 1.37 bits per heavy atom. The third-order valence-corrected chi connectivity index (χ3v) is 15.2. The second-order valence-electron chi connectivity index (χ2n) is 21.6. The molecule has 0 saturated carbocycles. The molecule has 0 spiro atoms. The van der Waals surface area contributed by atoms with E-state index in [1.165, 1.54) is 93.8 Å². The molecule has 0 N–H and O–H groups in total. The molecular weight excluding hydrogens is 858 g/mol. The average Bonchev–Trinajstić information content (AvgIpc) is 3.74. The summed E-state index contributed by atoms with van der Waals surface area (Å²) in [5, 5.41) is 2.58. The van der Waals surface area contributed by atoms with Crippen molar-refractivity contribution in [2.24, 2.45) is 0 Å². The zero-order chi connectivity index (χ0) is 48.2. The second-order valence-corrected chi connectivity index (χ2v) is 21.6. The number of benzene rings is 10. The summed E-state index contributed by atoms with van der Waals surface area (Å²) in [6.07, 6.45) is 0. The molecule has 0 aliphatic carbocycles. The Morgan fingerprint density at radius 2 is 0.831 bits per heavy atom. The van der Waals surface area contributed by atoms with Gasteiger partial charge in [0.2, 0.25) is 0 Å². The summed E-state index contributed by atoms with van der Waals surface area (Å²) in [6, 6.07) is 80.9. The Hall–Kier alpha value is -8.14.